The van der Waals surface area contributed by atoms with Crippen LogP contribution in [0, 0.1) is 23.4 Å². The second-order valence-electron chi connectivity index (χ2n) is 4.45. The summed E-state index contributed by atoms with van der Waals surface area (Å²) in [6.45, 7) is 2.00. The molecule has 1 heterocycles. The summed E-state index contributed by atoms with van der Waals surface area (Å²) in [5.41, 5.74) is 0.417. The summed E-state index contributed by atoms with van der Waals surface area (Å²) >= 11 is 0. The topological polar surface area (TPSA) is 23.5 Å². The molecule has 5 heteroatoms. The number of likely N-dealkylation sites (tertiary alicyclic amines) is 1. The van der Waals surface area contributed by atoms with Gasteiger partial charge >= 0.3 is 0 Å². The molecule has 0 spiro atoms. The number of benzene rings is 1. The van der Waals surface area contributed by atoms with Gasteiger partial charge in [-0.2, -0.15) is 0 Å². The SMILES string of the molecule is OCC1CCN(Cc2cc(F)c(F)c(F)c2)C1. The molecule has 0 aliphatic carbocycles. The smallest absolute Gasteiger partial charge is 0.194 e. The highest BCUT2D eigenvalue weighted by Crippen LogP contribution is 2.20. The monoisotopic (exact) mass is 245 g/mol. The van der Waals surface area contributed by atoms with Crippen molar-refractivity contribution in [3.05, 3.63) is 35.1 Å². The third-order valence-corrected chi connectivity index (χ3v) is 3.08. The molecule has 1 aromatic rings. The molecule has 0 radical (unpaired) electrons. The molecule has 1 aromatic carbocycles. The van der Waals surface area contributed by atoms with E-state index in [-0.39, 0.29) is 12.5 Å². The fourth-order valence-corrected chi connectivity index (χ4v) is 2.16. The Morgan fingerprint density at radius 1 is 1.24 bits per heavy atom. The Kier molecular flexibility index (Phi) is 3.69. The molecule has 1 aliphatic rings. The van der Waals surface area contributed by atoms with Crippen molar-refractivity contribution in [1.29, 1.82) is 0 Å². The van der Waals surface area contributed by atoms with Crippen LogP contribution in [0.2, 0.25) is 0 Å². The normalized spacial score (nSPS) is 21.1. The summed E-state index contributed by atoms with van der Waals surface area (Å²) in [4.78, 5) is 1.99. The van der Waals surface area contributed by atoms with Crippen molar-refractivity contribution in [2.45, 2.75) is 13.0 Å². The van der Waals surface area contributed by atoms with Crippen LogP contribution in [0.4, 0.5) is 13.2 Å². The second kappa shape index (κ2) is 5.06. The first-order chi connectivity index (χ1) is 8.10. The number of halogens is 3. The standard InChI is InChI=1S/C12H14F3NO/c13-10-3-9(4-11(14)12(10)15)6-16-2-1-8(5-16)7-17/h3-4,8,17H,1-2,5-7H2. The van der Waals surface area contributed by atoms with Crippen molar-refractivity contribution in [1.82, 2.24) is 4.90 Å². The Labute approximate surface area is 97.7 Å². The van der Waals surface area contributed by atoms with Gasteiger partial charge in [0.25, 0.3) is 0 Å². The molecule has 1 aliphatic heterocycles. The molecule has 1 N–H and O–H groups in total. The largest absolute Gasteiger partial charge is 0.396 e. The van der Waals surface area contributed by atoms with Gasteiger partial charge in [0, 0.05) is 19.7 Å². The Bertz CT molecular complexity index is 388. The van der Waals surface area contributed by atoms with E-state index >= 15 is 0 Å². The minimum absolute atomic E-state index is 0.128. The molecule has 0 saturated carbocycles. The van der Waals surface area contributed by atoms with Gasteiger partial charge < -0.3 is 5.11 Å². The lowest BCUT2D eigenvalue weighted by atomic mass is 10.1. The third-order valence-electron chi connectivity index (χ3n) is 3.08. The molecule has 1 fully saturated rings. The predicted octanol–water partition coefficient (Wildman–Crippen LogP) is 1.92. The van der Waals surface area contributed by atoms with Gasteiger partial charge in [-0.25, -0.2) is 13.2 Å². The maximum absolute atomic E-state index is 13.0. The number of aliphatic hydroxyl groups is 1. The second-order valence-corrected chi connectivity index (χ2v) is 4.45. The lowest BCUT2D eigenvalue weighted by Crippen LogP contribution is -2.21. The molecule has 1 unspecified atom stereocenters. The van der Waals surface area contributed by atoms with E-state index in [0.29, 0.717) is 18.7 Å². The maximum Gasteiger partial charge on any atom is 0.194 e. The van der Waals surface area contributed by atoms with Crippen LogP contribution in [-0.4, -0.2) is 29.7 Å². The first-order valence-electron chi connectivity index (χ1n) is 5.56. The van der Waals surface area contributed by atoms with Gasteiger partial charge in [-0.15, -0.1) is 0 Å². The van der Waals surface area contributed by atoms with E-state index in [9.17, 15) is 13.2 Å². The quantitative estimate of drug-likeness (QED) is 0.822. The van der Waals surface area contributed by atoms with E-state index in [2.05, 4.69) is 0 Å². The van der Waals surface area contributed by atoms with Crippen LogP contribution in [-0.2, 0) is 6.54 Å². The minimum Gasteiger partial charge on any atom is -0.396 e. The molecule has 0 aromatic heterocycles. The van der Waals surface area contributed by atoms with Gasteiger partial charge in [0.15, 0.2) is 17.5 Å². The predicted molar refractivity (Wildman–Crippen MR) is 56.8 cm³/mol. The zero-order valence-electron chi connectivity index (χ0n) is 9.30. The summed E-state index contributed by atoms with van der Waals surface area (Å²) in [6.07, 6.45) is 0.878. The lowest BCUT2D eigenvalue weighted by Gasteiger charge is -2.15. The Hall–Kier alpha value is -1.07. The molecule has 94 valence electrons. The van der Waals surface area contributed by atoms with Crippen molar-refractivity contribution in [2.24, 2.45) is 5.92 Å². The first-order valence-corrected chi connectivity index (χ1v) is 5.56. The molecule has 1 saturated heterocycles. The first kappa shape index (κ1) is 12.4. The van der Waals surface area contributed by atoms with Crippen LogP contribution in [0.3, 0.4) is 0 Å². The molecule has 2 rings (SSSR count). The fourth-order valence-electron chi connectivity index (χ4n) is 2.16. The maximum atomic E-state index is 13.0. The van der Waals surface area contributed by atoms with Crippen molar-refractivity contribution in [3.8, 4) is 0 Å². The number of hydrogen-bond donors (Lipinski definition) is 1. The van der Waals surface area contributed by atoms with E-state index in [0.717, 1.165) is 25.1 Å². The Balaban J connectivity index is 2.04. The van der Waals surface area contributed by atoms with Crippen LogP contribution < -0.4 is 0 Å². The number of rotatable bonds is 3. The molecule has 0 bridgehead atoms. The zero-order chi connectivity index (χ0) is 12.4. The van der Waals surface area contributed by atoms with Crippen LogP contribution in [0.5, 0.6) is 0 Å². The Morgan fingerprint density at radius 3 is 2.41 bits per heavy atom. The van der Waals surface area contributed by atoms with E-state index in [1.165, 1.54) is 0 Å². The number of aliphatic hydroxyl groups excluding tert-OH is 1. The third kappa shape index (κ3) is 2.79. The summed E-state index contributed by atoms with van der Waals surface area (Å²) in [7, 11) is 0. The fraction of sp³-hybridized carbons (Fsp3) is 0.500. The van der Waals surface area contributed by atoms with Crippen LogP contribution in [0.25, 0.3) is 0 Å². The average molecular weight is 245 g/mol. The molecular formula is C12H14F3NO. The highest BCUT2D eigenvalue weighted by atomic mass is 19.2. The van der Waals surface area contributed by atoms with Gasteiger partial charge in [0.05, 0.1) is 0 Å². The van der Waals surface area contributed by atoms with Gasteiger partial charge in [-0.1, -0.05) is 0 Å². The van der Waals surface area contributed by atoms with E-state index in [1.807, 2.05) is 4.90 Å². The minimum atomic E-state index is -1.43. The van der Waals surface area contributed by atoms with E-state index in [1.54, 1.807) is 0 Å². The average Bonchev–Trinajstić information content (AvgIpc) is 2.73. The highest BCUT2D eigenvalue weighted by Gasteiger charge is 2.22. The molecule has 2 nitrogen and oxygen atoms in total. The van der Waals surface area contributed by atoms with Gasteiger partial charge in [-0.05, 0) is 36.6 Å². The summed E-state index contributed by atoms with van der Waals surface area (Å²) in [5, 5.41) is 8.98. The summed E-state index contributed by atoms with van der Waals surface area (Å²) < 4.78 is 38.7. The van der Waals surface area contributed by atoms with Gasteiger partial charge in [-0.3, -0.25) is 4.90 Å². The van der Waals surface area contributed by atoms with Crippen molar-refractivity contribution < 1.29 is 18.3 Å². The van der Waals surface area contributed by atoms with E-state index in [4.69, 9.17) is 5.11 Å². The van der Waals surface area contributed by atoms with Gasteiger partial charge in [0.1, 0.15) is 0 Å². The molecular weight excluding hydrogens is 231 g/mol. The summed E-state index contributed by atoms with van der Waals surface area (Å²) in [5.74, 6) is -3.51. The highest BCUT2D eigenvalue weighted by molar-refractivity contribution is 5.19. The summed E-state index contributed by atoms with van der Waals surface area (Å²) in [6, 6.07) is 2.04. The van der Waals surface area contributed by atoms with Crippen LogP contribution in [0.1, 0.15) is 12.0 Å². The lowest BCUT2D eigenvalue weighted by molar-refractivity contribution is 0.220. The Morgan fingerprint density at radius 2 is 1.88 bits per heavy atom. The van der Waals surface area contributed by atoms with Crippen molar-refractivity contribution in [3.63, 3.8) is 0 Å². The van der Waals surface area contributed by atoms with Gasteiger partial charge in [0.2, 0.25) is 0 Å². The molecule has 0 amide bonds. The van der Waals surface area contributed by atoms with Crippen LogP contribution in [0.15, 0.2) is 12.1 Å². The van der Waals surface area contributed by atoms with E-state index < -0.39 is 17.5 Å². The van der Waals surface area contributed by atoms with Crippen molar-refractivity contribution >= 4 is 0 Å². The van der Waals surface area contributed by atoms with Crippen LogP contribution >= 0.6 is 0 Å². The molecule has 17 heavy (non-hydrogen) atoms. The zero-order valence-corrected chi connectivity index (χ0v) is 9.30. The number of nitrogens with zero attached hydrogens (tertiary/aromatic N) is 1. The molecule has 1 atom stereocenters. The number of hydrogen-bond acceptors (Lipinski definition) is 2. The van der Waals surface area contributed by atoms with Crippen molar-refractivity contribution in [2.75, 3.05) is 19.7 Å².